The molecular weight excluding hydrogens is 564 g/mol. The molecule has 226 valence electrons. The second kappa shape index (κ2) is 11.6. The number of aryl methyl sites for hydroxylation is 2. The van der Waals surface area contributed by atoms with Crippen molar-refractivity contribution in [3.8, 4) is 11.4 Å². The van der Waals surface area contributed by atoms with E-state index >= 15 is 0 Å². The smallest absolute Gasteiger partial charge is 0.172 e. The summed E-state index contributed by atoms with van der Waals surface area (Å²) < 4.78 is 15.8. The molecule has 0 bridgehead atoms. The van der Waals surface area contributed by atoms with Crippen LogP contribution in [-0.4, -0.2) is 54.3 Å². The van der Waals surface area contributed by atoms with E-state index in [4.69, 9.17) is 9.47 Å². The molecule has 0 N–H and O–H groups in total. The molecule has 1 saturated heterocycles. The molecule has 0 atom stereocenters. The van der Waals surface area contributed by atoms with Gasteiger partial charge in [-0.1, -0.05) is 0 Å². The van der Waals surface area contributed by atoms with Crippen LogP contribution in [-0.2, 0) is 40.0 Å². The molecule has 9 heteroatoms. The first-order chi connectivity index (χ1) is 22.1. The van der Waals surface area contributed by atoms with Crippen molar-refractivity contribution in [1.29, 1.82) is 0 Å². The molecule has 1 fully saturated rings. The largest absolute Gasteiger partial charge is 0.347 e. The number of carbonyl (C=O) groups excluding carboxylic acids is 1. The van der Waals surface area contributed by atoms with Crippen molar-refractivity contribution >= 4 is 27.6 Å². The fourth-order valence-electron chi connectivity index (χ4n) is 6.95. The zero-order valence-corrected chi connectivity index (χ0v) is 25.1. The molecule has 0 amide bonds. The average Bonchev–Trinajstić information content (AvgIpc) is 3.74. The number of hydrogen-bond donors (Lipinski definition) is 0. The number of Topliss-reactive ketones (excluding diaryl/α,β-unsaturated/α-hetero) is 1. The summed E-state index contributed by atoms with van der Waals surface area (Å²) in [6.07, 6.45) is 18.0. The standard InChI is InChI=1S/C19H19N3O2.C17H15N3O/c1-2-14-11-18-16(13-21-22(18)17-3-6-20-7-4-17)10-15(14)12-19(5-1)23-8-9-24-19;21-16-3-1-2-12-10-17-14(8-13(12)9-16)11-19-20(17)15-4-6-18-7-5-15/h3-4,6-7,10-11,13H,1-2,5,8-9,12H2;4-8,10-11H,1-3,9H2. The molecule has 3 aliphatic rings. The Morgan fingerprint density at radius 1 is 0.644 bits per heavy atom. The topological polar surface area (TPSA) is 97.0 Å². The molecular formula is C36H34N6O3. The summed E-state index contributed by atoms with van der Waals surface area (Å²) in [5, 5.41) is 11.3. The van der Waals surface area contributed by atoms with Gasteiger partial charge < -0.3 is 9.47 Å². The fraction of sp³-hybridized carbons (Fsp3) is 0.306. The maximum Gasteiger partial charge on any atom is 0.172 e. The van der Waals surface area contributed by atoms with Crippen molar-refractivity contribution in [2.45, 2.75) is 57.2 Å². The highest BCUT2D eigenvalue weighted by Crippen LogP contribution is 2.36. The summed E-state index contributed by atoms with van der Waals surface area (Å²) in [6.45, 7) is 1.41. The van der Waals surface area contributed by atoms with Crippen molar-refractivity contribution < 1.29 is 14.3 Å². The molecule has 4 aromatic heterocycles. The normalized spacial score (nSPS) is 17.4. The molecule has 9 rings (SSSR count). The van der Waals surface area contributed by atoms with Gasteiger partial charge in [0.05, 0.1) is 48.0 Å². The van der Waals surface area contributed by atoms with Gasteiger partial charge in [-0.15, -0.1) is 0 Å². The lowest BCUT2D eigenvalue weighted by atomic mass is 9.99. The maximum absolute atomic E-state index is 11.8. The molecule has 0 unspecified atom stereocenters. The van der Waals surface area contributed by atoms with Crippen molar-refractivity contribution in [3.05, 3.63) is 108 Å². The lowest BCUT2D eigenvalue weighted by Gasteiger charge is -2.25. The monoisotopic (exact) mass is 598 g/mol. The Hall–Kier alpha value is -4.73. The molecule has 1 spiro atoms. The Bertz CT molecular complexity index is 1990. The third-order valence-corrected chi connectivity index (χ3v) is 9.16. The first-order valence-corrected chi connectivity index (χ1v) is 15.7. The molecule has 2 aromatic carbocycles. The minimum Gasteiger partial charge on any atom is -0.347 e. The van der Waals surface area contributed by atoms with Crippen LogP contribution in [0.1, 0.15) is 47.9 Å². The lowest BCUT2D eigenvalue weighted by Crippen LogP contribution is -2.32. The molecule has 0 saturated carbocycles. The number of hydrogen-bond acceptors (Lipinski definition) is 7. The zero-order chi connectivity index (χ0) is 30.2. The predicted octanol–water partition coefficient (Wildman–Crippen LogP) is 5.91. The first-order valence-electron chi connectivity index (χ1n) is 15.7. The minimum atomic E-state index is -0.403. The van der Waals surface area contributed by atoms with Crippen molar-refractivity contribution in [2.75, 3.05) is 13.2 Å². The van der Waals surface area contributed by atoms with Gasteiger partial charge in [0.15, 0.2) is 5.79 Å². The Morgan fingerprint density at radius 3 is 1.82 bits per heavy atom. The molecule has 9 nitrogen and oxygen atoms in total. The SMILES string of the molecule is O=C1CCCc2cc3c(cnn3-c3ccncc3)cc2C1.c1cc(-n2ncc3cc4c(cc32)CCCC2(C4)OCCO2)ccn1. The quantitative estimate of drug-likeness (QED) is 0.229. The Morgan fingerprint density at radius 2 is 1.20 bits per heavy atom. The number of aromatic nitrogens is 6. The summed E-state index contributed by atoms with van der Waals surface area (Å²) >= 11 is 0. The summed E-state index contributed by atoms with van der Waals surface area (Å²) in [5.74, 6) is -0.0605. The Balaban J connectivity index is 0.000000135. The fourth-order valence-corrected chi connectivity index (χ4v) is 6.95. The third-order valence-electron chi connectivity index (χ3n) is 9.16. The number of nitrogens with zero attached hydrogens (tertiary/aromatic N) is 6. The molecule has 0 radical (unpaired) electrons. The summed E-state index contributed by atoms with van der Waals surface area (Å²) in [5.41, 5.74) is 9.43. The van der Waals surface area contributed by atoms with E-state index in [9.17, 15) is 4.79 Å². The number of ketones is 1. The maximum atomic E-state index is 11.8. The summed E-state index contributed by atoms with van der Waals surface area (Å²) in [6, 6.07) is 16.7. The molecule has 2 aliphatic carbocycles. The van der Waals surface area contributed by atoms with E-state index in [1.54, 1.807) is 24.8 Å². The van der Waals surface area contributed by atoms with Crippen LogP contribution in [0.25, 0.3) is 33.2 Å². The summed E-state index contributed by atoms with van der Waals surface area (Å²) in [4.78, 5) is 19.9. The van der Waals surface area contributed by atoms with Gasteiger partial charge in [0, 0.05) is 61.2 Å². The molecule has 5 heterocycles. The second-order valence-electron chi connectivity index (χ2n) is 12.1. The van der Waals surface area contributed by atoms with E-state index in [-0.39, 0.29) is 0 Å². The van der Waals surface area contributed by atoms with E-state index in [1.807, 2.05) is 46.0 Å². The minimum absolute atomic E-state index is 0.342. The van der Waals surface area contributed by atoms with Crippen LogP contribution in [0.2, 0.25) is 0 Å². The van der Waals surface area contributed by atoms with E-state index < -0.39 is 5.79 Å². The average molecular weight is 599 g/mol. The van der Waals surface area contributed by atoms with Crippen LogP contribution < -0.4 is 0 Å². The highest BCUT2D eigenvalue weighted by atomic mass is 16.7. The van der Waals surface area contributed by atoms with Gasteiger partial charge in [-0.3, -0.25) is 14.8 Å². The highest BCUT2D eigenvalue weighted by molar-refractivity contribution is 5.87. The van der Waals surface area contributed by atoms with E-state index in [0.717, 1.165) is 71.7 Å². The number of rotatable bonds is 2. The van der Waals surface area contributed by atoms with Gasteiger partial charge in [-0.2, -0.15) is 10.2 Å². The third kappa shape index (κ3) is 5.43. The Kier molecular flexibility index (Phi) is 7.19. The molecule has 1 aliphatic heterocycles. The lowest BCUT2D eigenvalue weighted by molar-refractivity contribution is -0.160. The van der Waals surface area contributed by atoms with Crippen molar-refractivity contribution in [1.82, 2.24) is 29.5 Å². The van der Waals surface area contributed by atoms with E-state index in [1.165, 1.54) is 22.3 Å². The second-order valence-corrected chi connectivity index (χ2v) is 12.1. The van der Waals surface area contributed by atoms with Crippen LogP contribution in [0, 0.1) is 0 Å². The van der Waals surface area contributed by atoms with Crippen molar-refractivity contribution in [2.24, 2.45) is 0 Å². The van der Waals surface area contributed by atoms with E-state index in [2.05, 4.69) is 44.4 Å². The first kappa shape index (κ1) is 27.8. The molecule has 45 heavy (non-hydrogen) atoms. The van der Waals surface area contributed by atoms with Gasteiger partial charge in [0.2, 0.25) is 0 Å². The number of ether oxygens (including phenoxy) is 2. The van der Waals surface area contributed by atoms with Crippen molar-refractivity contribution in [3.63, 3.8) is 0 Å². The van der Waals surface area contributed by atoms with Gasteiger partial charge in [0.1, 0.15) is 5.78 Å². The van der Waals surface area contributed by atoms with Crippen LogP contribution >= 0.6 is 0 Å². The van der Waals surface area contributed by atoms with Gasteiger partial charge in [-0.25, -0.2) is 9.36 Å². The van der Waals surface area contributed by atoms with E-state index in [0.29, 0.717) is 31.8 Å². The highest BCUT2D eigenvalue weighted by Gasteiger charge is 2.38. The van der Waals surface area contributed by atoms with Crippen LogP contribution in [0.5, 0.6) is 0 Å². The van der Waals surface area contributed by atoms with Gasteiger partial charge in [0.25, 0.3) is 0 Å². The number of fused-ring (bicyclic) bond motifs is 4. The Labute approximate surface area is 260 Å². The van der Waals surface area contributed by atoms with Crippen LogP contribution in [0.4, 0.5) is 0 Å². The number of pyridine rings is 2. The number of carbonyl (C=O) groups is 1. The van der Waals surface area contributed by atoms with Gasteiger partial charge >= 0.3 is 0 Å². The van der Waals surface area contributed by atoms with Gasteiger partial charge in [-0.05, 0) is 96.5 Å². The van der Waals surface area contributed by atoms with Crippen LogP contribution in [0.3, 0.4) is 0 Å². The summed E-state index contributed by atoms with van der Waals surface area (Å²) in [7, 11) is 0. The molecule has 6 aromatic rings. The van der Waals surface area contributed by atoms with Crippen LogP contribution in [0.15, 0.2) is 85.7 Å². The number of benzene rings is 2. The predicted molar refractivity (Wildman–Crippen MR) is 171 cm³/mol. The zero-order valence-electron chi connectivity index (χ0n) is 25.1.